The Morgan fingerprint density at radius 2 is 1.55 bits per heavy atom. The van der Waals surface area contributed by atoms with Gasteiger partial charge in [-0.2, -0.15) is 0 Å². The highest BCUT2D eigenvalue weighted by atomic mass is 32.2. The third-order valence-electron chi connectivity index (χ3n) is 2.82. The van der Waals surface area contributed by atoms with Crippen molar-refractivity contribution in [2.45, 2.75) is 57.3 Å². The maximum absolute atomic E-state index is 12.1. The molecule has 0 fully saturated rings. The summed E-state index contributed by atoms with van der Waals surface area (Å²) in [6.45, 7) is 8.48. The second-order valence-corrected chi connectivity index (χ2v) is 11.0. The minimum absolute atomic E-state index is 0.0229. The Labute approximate surface area is 133 Å². The molecule has 10 heteroatoms. The van der Waals surface area contributed by atoms with Crippen LogP contribution in [0.4, 0.5) is 0 Å². The van der Waals surface area contributed by atoms with Crippen LogP contribution in [0.25, 0.3) is 0 Å². The van der Waals surface area contributed by atoms with Gasteiger partial charge in [-0.05, 0) is 41.5 Å². The molecule has 0 aromatic rings. The van der Waals surface area contributed by atoms with Gasteiger partial charge < -0.3 is 9.84 Å². The van der Waals surface area contributed by atoms with Crippen LogP contribution in [0.2, 0.25) is 0 Å². The molecule has 0 radical (unpaired) electrons. The van der Waals surface area contributed by atoms with Crippen molar-refractivity contribution >= 4 is 20.0 Å². The van der Waals surface area contributed by atoms with E-state index in [2.05, 4.69) is 9.44 Å². The Balaban J connectivity index is 4.52. The molecule has 0 aliphatic heterocycles. The van der Waals surface area contributed by atoms with Gasteiger partial charge in [-0.15, -0.1) is 0 Å². The first-order chi connectivity index (χ1) is 9.61. The molecule has 0 bridgehead atoms. The molecular formula is C12H28N2O6S2. The summed E-state index contributed by atoms with van der Waals surface area (Å²) in [5, 5.41) is 8.99. The number of ether oxygens (including phenoxy) is 1. The van der Waals surface area contributed by atoms with Crippen molar-refractivity contribution in [3.8, 4) is 0 Å². The van der Waals surface area contributed by atoms with E-state index in [0.29, 0.717) is 0 Å². The topological polar surface area (TPSA) is 122 Å². The second kappa shape index (κ2) is 7.54. The van der Waals surface area contributed by atoms with Gasteiger partial charge in [0.1, 0.15) is 0 Å². The molecule has 0 heterocycles. The van der Waals surface area contributed by atoms with Crippen LogP contribution in [0.3, 0.4) is 0 Å². The summed E-state index contributed by atoms with van der Waals surface area (Å²) >= 11 is 0. The van der Waals surface area contributed by atoms with Gasteiger partial charge in [0.2, 0.25) is 20.0 Å². The fraction of sp³-hybridized carbons (Fsp3) is 1.00. The highest BCUT2D eigenvalue weighted by Crippen LogP contribution is 2.17. The molecule has 0 unspecified atom stereocenters. The standard InChI is InChI=1S/C12H28N2O6S2/c1-10(2)21(16,17)13-7-8-20-12(5,6)22(18,19)14-9-11(3,4)15/h10,13-15H,7-9H2,1-6H3. The van der Waals surface area contributed by atoms with Gasteiger partial charge in [-0.25, -0.2) is 26.3 Å². The van der Waals surface area contributed by atoms with Crippen LogP contribution in [-0.4, -0.2) is 57.4 Å². The molecule has 0 saturated heterocycles. The molecule has 0 aliphatic rings. The lowest BCUT2D eigenvalue weighted by Crippen LogP contribution is -2.48. The molecule has 0 aliphatic carbocycles. The van der Waals surface area contributed by atoms with Crippen LogP contribution < -0.4 is 9.44 Å². The van der Waals surface area contributed by atoms with Crippen LogP contribution in [0.1, 0.15) is 41.5 Å². The molecule has 0 aromatic carbocycles. The molecule has 0 amide bonds. The maximum atomic E-state index is 12.1. The third-order valence-corrected chi connectivity index (χ3v) is 6.60. The van der Waals surface area contributed by atoms with Crippen LogP contribution >= 0.6 is 0 Å². The fourth-order valence-electron chi connectivity index (χ4n) is 1.17. The lowest BCUT2D eigenvalue weighted by molar-refractivity contribution is 0.0454. The smallest absolute Gasteiger partial charge is 0.241 e. The van der Waals surface area contributed by atoms with Crippen molar-refractivity contribution in [2.75, 3.05) is 19.7 Å². The molecular weight excluding hydrogens is 332 g/mol. The number of rotatable bonds is 10. The van der Waals surface area contributed by atoms with Gasteiger partial charge in [0.15, 0.2) is 4.93 Å². The molecule has 22 heavy (non-hydrogen) atoms. The van der Waals surface area contributed by atoms with E-state index in [0.717, 1.165) is 0 Å². The summed E-state index contributed by atoms with van der Waals surface area (Å²) in [4.78, 5) is -1.55. The summed E-state index contributed by atoms with van der Waals surface area (Å²) in [6.07, 6.45) is 0. The van der Waals surface area contributed by atoms with E-state index in [4.69, 9.17) is 4.74 Å². The highest BCUT2D eigenvalue weighted by molar-refractivity contribution is 7.90. The zero-order valence-electron chi connectivity index (χ0n) is 14.0. The molecule has 8 nitrogen and oxygen atoms in total. The molecule has 3 N–H and O–H groups in total. The first kappa shape index (κ1) is 21.7. The van der Waals surface area contributed by atoms with Crippen molar-refractivity contribution in [3.05, 3.63) is 0 Å². The van der Waals surface area contributed by atoms with Crippen LogP contribution in [0, 0.1) is 0 Å². The molecule has 0 spiro atoms. The predicted octanol–water partition coefficient (Wildman–Crippen LogP) is -0.243. The van der Waals surface area contributed by atoms with Gasteiger partial charge in [-0.1, -0.05) is 0 Å². The summed E-state index contributed by atoms with van der Waals surface area (Å²) in [7, 11) is -7.24. The van der Waals surface area contributed by atoms with Crippen molar-refractivity contribution in [1.29, 1.82) is 0 Å². The largest absolute Gasteiger partial charge is 0.389 e. The van der Waals surface area contributed by atoms with E-state index < -0.39 is 35.8 Å². The van der Waals surface area contributed by atoms with Crippen molar-refractivity contribution in [1.82, 2.24) is 9.44 Å². The van der Waals surface area contributed by atoms with Crippen LogP contribution in [-0.2, 0) is 24.8 Å². The SMILES string of the molecule is CC(C)S(=O)(=O)NCCOC(C)(C)S(=O)(=O)NCC(C)(C)O. The zero-order chi connectivity index (χ0) is 17.8. The zero-order valence-corrected chi connectivity index (χ0v) is 15.6. The van der Waals surface area contributed by atoms with Gasteiger partial charge in [-0.3, -0.25) is 0 Å². The number of nitrogens with one attached hydrogen (secondary N) is 2. The van der Waals surface area contributed by atoms with E-state index >= 15 is 0 Å². The lowest BCUT2D eigenvalue weighted by atomic mass is 10.1. The first-order valence-electron chi connectivity index (χ1n) is 6.95. The van der Waals surface area contributed by atoms with Gasteiger partial charge in [0.05, 0.1) is 17.5 Å². The fourth-order valence-corrected chi connectivity index (χ4v) is 3.00. The van der Waals surface area contributed by atoms with Crippen LogP contribution in [0.5, 0.6) is 0 Å². The Kier molecular flexibility index (Phi) is 7.45. The normalized spacial score (nSPS) is 14.5. The average molecular weight is 360 g/mol. The Morgan fingerprint density at radius 1 is 1.05 bits per heavy atom. The predicted molar refractivity (Wildman–Crippen MR) is 85.3 cm³/mol. The number of aliphatic hydroxyl groups is 1. The lowest BCUT2D eigenvalue weighted by Gasteiger charge is -2.27. The number of sulfonamides is 2. The Hall–Kier alpha value is -0.260. The van der Waals surface area contributed by atoms with E-state index in [1.54, 1.807) is 0 Å². The molecule has 0 atom stereocenters. The Bertz CT molecular complexity index is 547. The van der Waals surface area contributed by atoms with Gasteiger partial charge >= 0.3 is 0 Å². The maximum Gasteiger partial charge on any atom is 0.241 e. The van der Waals surface area contributed by atoms with E-state index in [1.165, 1.54) is 41.5 Å². The minimum atomic E-state index is -3.83. The van der Waals surface area contributed by atoms with Crippen LogP contribution in [0.15, 0.2) is 0 Å². The molecule has 134 valence electrons. The van der Waals surface area contributed by atoms with E-state index in [-0.39, 0.29) is 19.7 Å². The van der Waals surface area contributed by atoms with E-state index in [1.807, 2.05) is 0 Å². The molecule has 0 rings (SSSR count). The first-order valence-corrected chi connectivity index (χ1v) is 9.98. The summed E-state index contributed by atoms with van der Waals surface area (Å²) in [5.41, 5.74) is -1.18. The highest BCUT2D eigenvalue weighted by Gasteiger charge is 2.36. The quantitative estimate of drug-likeness (QED) is 0.462. The molecule has 0 saturated carbocycles. The Morgan fingerprint density at radius 3 is 1.95 bits per heavy atom. The summed E-state index contributed by atoms with van der Waals surface area (Å²) in [5.74, 6) is 0. The minimum Gasteiger partial charge on any atom is -0.389 e. The summed E-state index contributed by atoms with van der Waals surface area (Å²) < 4.78 is 57.2. The monoisotopic (exact) mass is 360 g/mol. The van der Waals surface area contributed by atoms with Crippen molar-refractivity contribution in [2.24, 2.45) is 0 Å². The average Bonchev–Trinajstić information content (AvgIpc) is 2.31. The second-order valence-electron chi connectivity index (χ2n) is 6.37. The molecule has 0 aromatic heterocycles. The number of hydrogen-bond acceptors (Lipinski definition) is 6. The summed E-state index contributed by atoms with van der Waals surface area (Å²) in [6, 6.07) is 0. The third kappa shape index (κ3) is 7.34. The van der Waals surface area contributed by atoms with Gasteiger partial charge in [0, 0.05) is 13.1 Å². The van der Waals surface area contributed by atoms with Crippen molar-refractivity contribution in [3.63, 3.8) is 0 Å². The van der Waals surface area contributed by atoms with Crippen molar-refractivity contribution < 1.29 is 26.7 Å². The number of hydrogen-bond donors (Lipinski definition) is 3. The van der Waals surface area contributed by atoms with E-state index in [9.17, 15) is 21.9 Å². The van der Waals surface area contributed by atoms with Gasteiger partial charge in [0.25, 0.3) is 0 Å².